The monoisotopic (exact) mass is 274 g/mol. The third-order valence-electron chi connectivity index (χ3n) is 5.00. The molecule has 2 rings (SSSR count). The summed E-state index contributed by atoms with van der Waals surface area (Å²) in [5.74, 6) is 0. The molecular weight excluding hydrogens is 244 g/mol. The molecule has 0 bridgehead atoms. The fourth-order valence-electron chi connectivity index (χ4n) is 3.50. The number of aryl methyl sites for hydroxylation is 1. The standard InChI is InChI=1S/C18H30N2/c1-4-16-10-6-7-11-17(16)14-19-15-18(20(2)3)12-8-5-9-13-18/h6-7,10-11,19H,4-5,8-9,12-15H2,1-3H3. The Balaban J connectivity index is 1.93. The lowest BCUT2D eigenvalue weighted by Crippen LogP contribution is -2.52. The molecule has 2 heteroatoms. The molecule has 112 valence electrons. The molecule has 0 saturated heterocycles. The molecule has 0 atom stereocenters. The molecule has 0 aromatic heterocycles. The smallest absolute Gasteiger partial charge is 0.0328 e. The van der Waals surface area contributed by atoms with E-state index in [1.807, 2.05) is 0 Å². The van der Waals surface area contributed by atoms with Crippen molar-refractivity contribution in [3.8, 4) is 0 Å². The van der Waals surface area contributed by atoms with Gasteiger partial charge in [-0.2, -0.15) is 0 Å². The highest BCUT2D eigenvalue weighted by atomic mass is 15.2. The van der Waals surface area contributed by atoms with Gasteiger partial charge in [-0.3, -0.25) is 0 Å². The summed E-state index contributed by atoms with van der Waals surface area (Å²) in [6.45, 7) is 4.35. The van der Waals surface area contributed by atoms with Crippen LogP contribution in [0.25, 0.3) is 0 Å². The van der Waals surface area contributed by atoms with Gasteiger partial charge < -0.3 is 10.2 Å². The Morgan fingerprint density at radius 1 is 1.05 bits per heavy atom. The van der Waals surface area contributed by atoms with Crippen LogP contribution in [0, 0.1) is 0 Å². The van der Waals surface area contributed by atoms with E-state index in [0.29, 0.717) is 5.54 Å². The topological polar surface area (TPSA) is 15.3 Å². The van der Waals surface area contributed by atoms with E-state index in [-0.39, 0.29) is 0 Å². The molecule has 1 N–H and O–H groups in total. The summed E-state index contributed by atoms with van der Waals surface area (Å²) in [5.41, 5.74) is 3.31. The molecule has 2 nitrogen and oxygen atoms in total. The first-order chi connectivity index (χ1) is 9.68. The zero-order chi connectivity index (χ0) is 14.4. The fourth-order valence-corrected chi connectivity index (χ4v) is 3.50. The van der Waals surface area contributed by atoms with Gasteiger partial charge in [-0.05, 0) is 44.5 Å². The molecule has 0 spiro atoms. The summed E-state index contributed by atoms with van der Waals surface area (Å²) in [7, 11) is 4.49. The van der Waals surface area contributed by atoms with Gasteiger partial charge in [0.05, 0.1) is 0 Å². The Kier molecular flexibility index (Phi) is 5.62. The average molecular weight is 274 g/mol. The predicted molar refractivity (Wildman–Crippen MR) is 87.0 cm³/mol. The molecule has 0 radical (unpaired) electrons. The molecule has 1 saturated carbocycles. The normalized spacial score (nSPS) is 18.4. The van der Waals surface area contributed by atoms with Gasteiger partial charge in [0.1, 0.15) is 0 Å². The van der Waals surface area contributed by atoms with Crippen molar-refractivity contribution in [3.05, 3.63) is 35.4 Å². The summed E-state index contributed by atoms with van der Waals surface area (Å²) >= 11 is 0. The van der Waals surface area contributed by atoms with Crippen LogP contribution in [0.2, 0.25) is 0 Å². The van der Waals surface area contributed by atoms with E-state index in [1.54, 1.807) is 0 Å². The lowest BCUT2D eigenvalue weighted by Gasteiger charge is -2.43. The van der Waals surface area contributed by atoms with E-state index in [9.17, 15) is 0 Å². The Labute approximate surface area is 124 Å². The Morgan fingerprint density at radius 3 is 2.30 bits per heavy atom. The second-order valence-electron chi connectivity index (χ2n) is 6.41. The average Bonchev–Trinajstić information content (AvgIpc) is 2.48. The van der Waals surface area contributed by atoms with Crippen LogP contribution in [-0.4, -0.2) is 31.1 Å². The highest BCUT2D eigenvalue weighted by molar-refractivity contribution is 5.26. The lowest BCUT2D eigenvalue weighted by molar-refractivity contribution is 0.0983. The van der Waals surface area contributed by atoms with Crippen molar-refractivity contribution in [2.75, 3.05) is 20.6 Å². The van der Waals surface area contributed by atoms with Crippen LogP contribution in [0.3, 0.4) is 0 Å². The lowest BCUT2D eigenvalue weighted by atomic mass is 9.80. The molecule has 1 aliphatic carbocycles. The Bertz CT molecular complexity index is 406. The number of nitrogens with zero attached hydrogens (tertiary/aromatic N) is 1. The molecule has 20 heavy (non-hydrogen) atoms. The first-order valence-electron chi connectivity index (χ1n) is 8.13. The zero-order valence-corrected chi connectivity index (χ0v) is 13.4. The molecule has 1 aromatic carbocycles. The molecule has 0 unspecified atom stereocenters. The number of likely N-dealkylation sites (N-methyl/N-ethyl adjacent to an activating group) is 1. The first-order valence-corrected chi connectivity index (χ1v) is 8.13. The molecule has 0 heterocycles. The third-order valence-corrected chi connectivity index (χ3v) is 5.00. The van der Waals surface area contributed by atoms with Crippen molar-refractivity contribution in [2.24, 2.45) is 0 Å². The summed E-state index contributed by atoms with van der Waals surface area (Å²) in [6, 6.07) is 8.80. The largest absolute Gasteiger partial charge is 0.311 e. The van der Waals surface area contributed by atoms with E-state index in [0.717, 1.165) is 19.5 Å². The van der Waals surface area contributed by atoms with Crippen molar-refractivity contribution in [3.63, 3.8) is 0 Å². The first kappa shape index (κ1) is 15.5. The van der Waals surface area contributed by atoms with Crippen molar-refractivity contribution >= 4 is 0 Å². The highest BCUT2D eigenvalue weighted by Crippen LogP contribution is 2.31. The van der Waals surface area contributed by atoms with Crippen molar-refractivity contribution < 1.29 is 0 Å². The van der Waals surface area contributed by atoms with Crippen molar-refractivity contribution in [2.45, 2.75) is 57.5 Å². The number of benzene rings is 1. The van der Waals surface area contributed by atoms with E-state index in [2.05, 4.69) is 55.5 Å². The molecule has 1 fully saturated rings. The second kappa shape index (κ2) is 7.24. The summed E-state index contributed by atoms with van der Waals surface area (Å²) in [6.07, 6.45) is 7.96. The maximum Gasteiger partial charge on any atom is 0.0328 e. The highest BCUT2D eigenvalue weighted by Gasteiger charge is 2.33. The van der Waals surface area contributed by atoms with E-state index in [1.165, 1.54) is 43.2 Å². The number of hydrogen-bond donors (Lipinski definition) is 1. The van der Waals surface area contributed by atoms with Crippen molar-refractivity contribution in [1.82, 2.24) is 10.2 Å². The number of rotatable bonds is 6. The van der Waals surface area contributed by atoms with E-state index < -0.39 is 0 Å². The van der Waals surface area contributed by atoms with Gasteiger partial charge in [0, 0.05) is 18.6 Å². The number of hydrogen-bond acceptors (Lipinski definition) is 2. The van der Waals surface area contributed by atoms with Gasteiger partial charge in [0.25, 0.3) is 0 Å². The van der Waals surface area contributed by atoms with Gasteiger partial charge in [-0.15, -0.1) is 0 Å². The summed E-state index contributed by atoms with van der Waals surface area (Å²) in [4.78, 5) is 2.45. The quantitative estimate of drug-likeness (QED) is 0.852. The van der Waals surface area contributed by atoms with Gasteiger partial charge in [-0.1, -0.05) is 50.5 Å². The van der Waals surface area contributed by atoms with Gasteiger partial charge in [0.2, 0.25) is 0 Å². The maximum atomic E-state index is 3.73. The number of nitrogens with one attached hydrogen (secondary N) is 1. The second-order valence-corrected chi connectivity index (χ2v) is 6.41. The minimum Gasteiger partial charge on any atom is -0.311 e. The van der Waals surface area contributed by atoms with Crippen LogP contribution in [0.1, 0.15) is 50.2 Å². The Hall–Kier alpha value is -0.860. The van der Waals surface area contributed by atoms with E-state index in [4.69, 9.17) is 0 Å². The molecule has 1 aromatic rings. The van der Waals surface area contributed by atoms with Crippen molar-refractivity contribution in [1.29, 1.82) is 0 Å². The van der Waals surface area contributed by atoms with Crippen LogP contribution in [0.4, 0.5) is 0 Å². The van der Waals surface area contributed by atoms with Crippen LogP contribution in [-0.2, 0) is 13.0 Å². The molecule has 1 aliphatic rings. The maximum absolute atomic E-state index is 3.73. The van der Waals surface area contributed by atoms with Gasteiger partial charge in [0.15, 0.2) is 0 Å². The summed E-state index contributed by atoms with van der Waals surface area (Å²) < 4.78 is 0. The van der Waals surface area contributed by atoms with E-state index >= 15 is 0 Å². The minimum atomic E-state index is 0.374. The molecular formula is C18H30N2. The minimum absolute atomic E-state index is 0.374. The third kappa shape index (κ3) is 3.62. The van der Waals surface area contributed by atoms with Crippen LogP contribution in [0.5, 0.6) is 0 Å². The Morgan fingerprint density at radius 2 is 1.70 bits per heavy atom. The van der Waals surface area contributed by atoms with Crippen LogP contribution < -0.4 is 5.32 Å². The van der Waals surface area contributed by atoms with Crippen LogP contribution in [0.15, 0.2) is 24.3 Å². The molecule has 0 aliphatic heterocycles. The van der Waals surface area contributed by atoms with Gasteiger partial charge in [-0.25, -0.2) is 0 Å². The zero-order valence-electron chi connectivity index (χ0n) is 13.4. The predicted octanol–water partition coefficient (Wildman–Crippen LogP) is 3.60. The van der Waals surface area contributed by atoms with Crippen LogP contribution >= 0.6 is 0 Å². The van der Waals surface area contributed by atoms with Gasteiger partial charge >= 0.3 is 0 Å². The SMILES string of the molecule is CCc1ccccc1CNCC1(N(C)C)CCCCC1. The molecule has 0 amide bonds. The summed E-state index contributed by atoms with van der Waals surface area (Å²) in [5, 5.41) is 3.73. The fraction of sp³-hybridized carbons (Fsp3) is 0.667.